The van der Waals surface area contributed by atoms with Crippen molar-refractivity contribution in [2.75, 3.05) is 37.7 Å². The molecule has 8 nitrogen and oxygen atoms in total. The lowest BCUT2D eigenvalue weighted by Gasteiger charge is -2.46. The minimum absolute atomic E-state index is 0.0281. The van der Waals surface area contributed by atoms with E-state index in [0.717, 1.165) is 24.3 Å². The number of anilines is 1. The first-order chi connectivity index (χ1) is 20.8. The highest BCUT2D eigenvalue weighted by Gasteiger charge is 2.74. The summed E-state index contributed by atoms with van der Waals surface area (Å²) in [6, 6.07) is 6.71. The van der Waals surface area contributed by atoms with Crippen LogP contribution in [0.5, 0.6) is 5.75 Å². The third-order valence-electron chi connectivity index (χ3n) is 9.18. The summed E-state index contributed by atoms with van der Waals surface area (Å²) in [7, 11) is 0. The van der Waals surface area contributed by atoms with Crippen LogP contribution in [-0.4, -0.2) is 87.1 Å². The normalized spacial score (nSPS) is 26.0. The molecule has 0 radical (unpaired) electrons. The summed E-state index contributed by atoms with van der Waals surface area (Å²) in [4.78, 5) is 49.0. The van der Waals surface area contributed by atoms with Crippen molar-refractivity contribution in [3.8, 4) is 5.75 Å². The Morgan fingerprint density at radius 1 is 1.11 bits per heavy atom. The second-order valence-corrected chi connectivity index (χ2v) is 15.7. The Labute approximate surface area is 267 Å². The molecule has 0 saturated carbocycles. The quantitative estimate of drug-likeness (QED) is 0.282. The van der Waals surface area contributed by atoms with Gasteiger partial charge in [0.25, 0.3) is 0 Å². The zero-order chi connectivity index (χ0) is 32.4. The van der Waals surface area contributed by atoms with Gasteiger partial charge in [-0.1, -0.05) is 32.9 Å². The van der Waals surface area contributed by atoms with Gasteiger partial charge in [-0.2, -0.15) is 0 Å². The minimum atomic E-state index is -0.711. The summed E-state index contributed by atoms with van der Waals surface area (Å²) in [5, 5.41) is 9.68. The molecule has 3 saturated heterocycles. The van der Waals surface area contributed by atoms with Gasteiger partial charge in [0.1, 0.15) is 11.8 Å². The average Bonchev–Trinajstić information content (AvgIpc) is 3.59. The maximum absolute atomic E-state index is 14.8. The molecule has 3 heterocycles. The number of aliphatic hydroxyl groups excluding tert-OH is 1. The van der Waals surface area contributed by atoms with Gasteiger partial charge in [-0.05, 0) is 76.1 Å². The maximum Gasteiger partial charge on any atom is 0.247 e. The van der Waals surface area contributed by atoms with Crippen LogP contribution < -0.4 is 9.64 Å². The van der Waals surface area contributed by atoms with Crippen LogP contribution in [0, 0.1) is 17.3 Å². The number of amides is 3. The number of carbonyl (C=O) groups is 3. The molecule has 9 heteroatoms. The fourth-order valence-electron chi connectivity index (χ4n) is 8.02. The van der Waals surface area contributed by atoms with E-state index in [9.17, 15) is 19.5 Å². The van der Waals surface area contributed by atoms with Crippen molar-refractivity contribution in [1.82, 2.24) is 9.80 Å². The number of aliphatic hydroxyl groups is 1. The molecule has 0 aliphatic carbocycles. The smallest absolute Gasteiger partial charge is 0.247 e. The van der Waals surface area contributed by atoms with Crippen molar-refractivity contribution in [1.29, 1.82) is 0 Å². The van der Waals surface area contributed by atoms with Crippen LogP contribution in [0.4, 0.5) is 5.69 Å². The maximum atomic E-state index is 14.8. The first kappa shape index (κ1) is 34.1. The zero-order valence-electron chi connectivity index (χ0n) is 27.4. The van der Waals surface area contributed by atoms with Crippen LogP contribution >= 0.6 is 11.8 Å². The van der Waals surface area contributed by atoms with Gasteiger partial charge in [-0.3, -0.25) is 14.4 Å². The first-order valence-corrected chi connectivity index (χ1v) is 16.8. The lowest BCUT2D eigenvalue weighted by molar-refractivity contribution is -0.146. The second-order valence-electron chi connectivity index (χ2n) is 14.1. The van der Waals surface area contributed by atoms with E-state index < -0.39 is 28.2 Å². The predicted octanol–water partition coefficient (Wildman–Crippen LogP) is 5.31. The lowest BCUT2D eigenvalue weighted by Crippen LogP contribution is -2.60. The van der Waals surface area contributed by atoms with E-state index in [-0.39, 0.29) is 41.5 Å². The third-order valence-corrected chi connectivity index (χ3v) is 11.1. The molecule has 0 aromatic heterocycles. The van der Waals surface area contributed by atoms with Gasteiger partial charge in [0.05, 0.1) is 23.2 Å². The average molecular weight is 626 g/mol. The summed E-state index contributed by atoms with van der Waals surface area (Å²) in [5.41, 5.74) is 0.200. The third kappa shape index (κ3) is 6.32. The number of nitrogens with zero attached hydrogens (tertiary/aromatic N) is 3. The van der Waals surface area contributed by atoms with Gasteiger partial charge in [0.15, 0.2) is 0 Å². The van der Waals surface area contributed by atoms with E-state index in [1.165, 1.54) is 0 Å². The Bertz CT molecular complexity index is 1240. The van der Waals surface area contributed by atoms with E-state index in [2.05, 4.69) is 47.8 Å². The van der Waals surface area contributed by atoms with Gasteiger partial charge in [0, 0.05) is 42.7 Å². The number of thioether (sulfide) groups is 1. The molecule has 1 aromatic carbocycles. The van der Waals surface area contributed by atoms with Gasteiger partial charge >= 0.3 is 0 Å². The topological polar surface area (TPSA) is 90.4 Å². The molecule has 1 aromatic rings. The molecule has 2 bridgehead atoms. The van der Waals surface area contributed by atoms with E-state index in [1.54, 1.807) is 33.7 Å². The largest absolute Gasteiger partial charge is 0.494 e. The van der Waals surface area contributed by atoms with Crippen LogP contribution in [0.25, 0.3) is 0 Å². The highest BCUT2D eigenvalue weighted by Crippen LogP contribution is 2.67. The van der Waals surface area contributed by atoms with Crippen LogP contribution in [0.15, 0.2) is 49.6 Å². The number of hydrogen-bond acceptors (Lipinski definition) is 6. The van der Waals surface area contributed by atoms with Crippen LogP contribution in [0.2, 0.25) is 0 Å². The number of benzene rings is 1. The Morgan fingerprint density at radius 3 is 2.34 bits per heavy atom. The highest BCUT2D eigenvalue weighted by molar-refractivity contribution is 8.02. The van der Waals surface area contributed by atoms with Gasteiger partial charge in [-0.25, -0.2) is 0 Å². The summed E-state index contributed by atoms with van der Waals surface area (Å²) < 4.78 is 4.90. The zero-order valence-corrected chi connectivity index (χ0v) is 28.2. The first-order valence-electron chi connectivity index (χ1n) is 15.9. The lowest BCUT2D eigenvalue weighted by atomic mass is 9.70. The molecule has 3 fully saturated rings. The summed E-state index contributed by atoms with van der Waals surface area (Å²) in [6.07, 6.45) is 6.05. The summed E-state index contributed by atoms with van der Waals surface area (Å²) >= 11 is 1.67. The minimum Gasteiger partial charge on any atom is -0.494 e. The standard InChI is InChI=1S/C35H51N3O5S/c1-9-19-36(24-13-15-25(16-14-24)43-11-3)30(40)27-26-17-18-35(44-26)28(27)31(41)37(21-12-22-39)29(35)32(42)38(20-10-2)34(7,8)23-33(4,5)6/h9-10,13-16,26-29,39H,1-2,11-12,17-23H2,3-8H3/t26-,27+,28+,29?,35?/m1/s1. The Balaban J connectivity index is 1.74. The van der Waals surface area contributed by atoms with E-state index in [4.69, 9.17) is 4.74 Å². The molecule has 4 rings (SSSR count). The molecule has 3 amide bonds. The van der Waals surface area contributed by atoms with Gasteiger partial charge in [0.2, 0.25) is 17.7 Å². The number of carbonyl (C=O) groups excluding carboxylic acids is 3. The Hall–Kier alpha value is -2.78. The molecular weight excluding hydrogens is 574 g/mol. The number of ether oxygens (including phenoxy) is 1. The molecule has 44 heavy (non-hydrogen) atoms. The highest BCUT2D eigenvalue weighted by atomic mass is 32.2. The number of fused-ring (bicyclic) bond motifs is 1. The van der Waals surface area contributed by atoms with Crippen LogP contribution in [0.1, 0.15) is 67.2 Å². The molecular formula is C35H51N3O5S. The van der Waals surface area contributed by atoms with Crippen molar-refractivity contribution >= 4 is 35.2 Å². The van der Waals surface area contributed by atoms with Crippen molar-refractivity contribution in [3.63, 3.8) is 0 Å². The fourth-order valence-corrected chi connectivity index (χ4v) is 10.2. The molecule has 3 aliphatic heterocycles. The van der Waals surface area contributed by atoms with E-state index in [1.807, 2.05) is 36.1 Å². The molecule has 242 valence electrons. The Morgan fingerprint density at radius 2 is 1.77 bits per heavy atom. The molecule has 5 atom stereocenters. The van der Waals surface area contributed by atoms with Gasteiger partial charge < -0.3 is 24.5 Å². The molecule has 2 unspecified atom stereocenters. The fraction of sp³-hybridized carbons (Fsp3) is 0.629. The summed E-state index contributed by atoms with van der Waals surface area (Å²) in [6.45, 7) is 21.8. The van der Waals surface area contributed by atoms with Crippen molar-refractivity contribution in [2.24, 2.45) is 17.3 Å². The number of hydrogen-bond donors (Lipinski definition) is 1. The van der Waals surface area contributed by atoms with E-state index >= 15 is 0 Å². The molecule has 1 spiro atoms. The predicted molar refractivity (Wildman–Crippen MR) is 178 cm³/mol. The monoisotopic (exact) mass is 625 g/mol. The van der Waals surface area contributed by atoms with Gasteiger partial charge in [-0.15, -0.1) is 24.9 Å². The van der Waals surface area contributed by atoms with E-state index in [0.29, 0.717) is 32.5 Å². The second kappa shape index (κ2) is 13.3. The SMILES string of the molecule is C=CCN(C(=O)[C@@H]1[C@H]2C(=O)N(CCCO)C(C(=O)N(CC=C)C(C)(C)CC(C)(C)C)C23CC[C@H]1S3)c1ccc(OCC)cc1. The van der Waals surface area contributed by atoms with Crippen LogP contribution in [0.3, 0.4) is 0 Å². The van der Waals surface area contributed by atoms with Crippen LogP contribution in [-0.2, 0) is 14.4 Å². The number of likely N-dealkylation sites (tertiary alicyclic amines) is 1. The van der Waals surface area contributed by atoms with Crippen molar-refractivity contribution < 1.29 is 24.2 Å². The van der Waals surface area contributed by atoms with Crippen molar-refractivity contribution in [2.45, 2.75) is 88.8 Å². The number of rotatable bonds is 14. The molecule has 3 aliphatic rings. The Kier molecular flexibility index (Phi) is 10.3. The van der Waals surface area contributed by atoms with Crippen molar-refractivity contribution in [3.05, 3.63) is 49.6 Å². The molecule has 1 N–H and O–H groups in total. The summed E-state index contributed by atoms with van der Waals surface area (Å²) in [5.74, 6) is -0.805.